The van der Waals surface area contributed by atoms with E-state index in [-0.39, 0.29) is 5.97 Å². The molecule has 202 valence electrons. The normalized spacial score (nSPS) is 12.5. The molecule has 0 radical (unpaired) electrons. The highest BCUT2D eigenvalue weighted by atomic mass is 16.5. The van der Waals surface area contributed by atoms with Gasteiger partial charge >= 0.3 is 5.97 Å². The van der Waals surface area contributed by atoms with Crippen molar-refractivity contribution in [3.05, 3.63) is 73.8 Å². The fourth-order valence-corrected chi connectivity index (χ4v) is 3.51. The van der Waals surface area contributed by atoms with Crippen molar-refractivity contribution in [3.63, 3.8) is 0 Å². The first-order valence-corrected chi connectivity index (χ1v) is 12.5. The summed E-state index contributed by atoms with van der Waals surface area (Å²) in [7, 11) is 2.97. The lowest BCUT2D eigenvalue weighted by Gasteiger charge is -2.20. The number of imidazole rings is 1. The van der Waals surface area contributed by atoms with Gasteiger partial charge in [-0.3, -0.25) is 4.79 Å². The summed E-state index contributed by atoms with van der Waals surface area (Å²) in [5.41, 5.74) is 2.52. The van der Waals surface area contributed by atoms with Crippen LogP contribution in [0.1, 0.15) is 63.9 Å². The zero-order valence-electron chi connectivity index (χ0n) is 23.0. The molecule has 1 rings (SSSR count). The Kier molecular flexibility index (Phi) is 18.4. The zero-order chi connectivity index (χ0) is 28.1. The maximum atomic E-state index is 11.4. The number of aromatic amines is 1. The van der Waals surface area contributed by atoms with E-state index in [1.165, 1.54) is 32.4 Å². The van der Waals surface area contributed by atoms with E-state index >= 15 is 0 Å². The molecule has 0 bridgehead atoms. The Morgan fingerprint density at radius 3 is 2.41 bits per heavy atom. The van der Waals surface area contributed by atoms with Gasteiger partial charge in [-0.05, 0) is 43.3 Å². The lowest BCUT2D eigenvalue weighted by molar-refractivity contribution is -0.141. The molecule has 0 aliphatic rings. The topological polar surface area (TPSA) is 100 Å². The van der Waals surface area contributed by atoms with Crippen molar-refractivity contribution < 1.29 is 14.3 Å². The van der Waals surface area contributed by atoms with E-state index in [1.54, 1.807) is 24.3 Å². The smallest absolute Gasteiger partial charge is 0.305 e. The summed E-state index contributed by atoms with van der Waals surface area (Å²) < 4.78 is 9.49. The van der Waals surface area contributed by atoms with Crippen LogP contribution in [0.4, 0.5) is 5.82 Å². The molecule has 2 N–H and O–H groups in total. The van der Waals surface area contributed by atoms with Crippen LogP contribution < -0.4 is 0 Å². The van der Waals surface area contributed by atoms with Crippen LogP contribution >= 0.6 is 0 Å². The van der Waals surface area contributed by atoms with Crippen LogP contribution in [0, 0.1) is 17.2 Å². The predicted octanol–water partition coefficient (Wildman–Crippen LogP) is 7.65. The maximum Gasteiger partial charge on any atom is 0.305 e. The molecule has 7 heteroatoms. The van der Waals surface area contributed by atoms with Crippen molar-refractivity contribution in [1.82, 2.24) is 9.97 Å². The molecule has 2 unspecified atom stereocenters. The van der Waals surface area contributed by atoms with Crippen LogP contribution in [0.15, 0.2) is 67.3 Å². The van der Waals surface area contributed by atoms with E-state index in [2.05, 4.69) is 61.2 Å². The highest BCUT2D eigenvalue weighted by Crippen LogP contribution is 2.27. The molecule has 0 aliphatic heterocycles. The summed E-state index contributed by atoms with van der Waals surface area (Å²) in [6, 6.07) is 0. The second-order valence-corrected chi connectivity index (χ2v) is 8.34. The predicted molar refractivity (Wildman–Crippen MR) is 157 cm³/mol. The van der Waals surface area contributed by atoms with Gasteiger partial charge in [0.15, 0.2) is 12.2 Å². The number of aliphatic imine (C=N–C) groups is 1. The first-order chi connectivity index (χ1) is 17.8. The van der Waals surface area contributed by atoms with Crippen molar-refractivity contribution in [1.29, 1.82) is 5.41 Å². The molecule has 0 spiro atoms. The summed E-state index contributed by atoms with van der Waals surface area (Å²) >= 11 is 0. The number of esters is 1. The monoisotopic (exact) mass is 508 g/mol. The molecule has 0 saturated heterocycles. The summed E-state index contributed by atoms with van der Waals surface area (Å²) in [6.45, 7) is 19.7. The van der Waals surface area contributed by atoms with Crippen LogP contribution in [-0.4, -0.2) is 42.8 Å². The lowest BCUT2D eigenvalue weighted by atomic mass is 9.86. The van der Waals surface area contributed by atoms with E-state index in [9.17, 15) is 4.79 Å². The van der Waals surface area contributed by atoms with E-state index in [4.69, 9.17) is 14.9 Å². The fourth-order valence-electron chi connectivity index (χ4n) is 3.51. The number of ether oxygens (including phenoxy) is 2. The first kappa shape index (κ1) is 33.3. The number of methoxy groups -OCH3 is 2. The van der Waals surface area contributed by atoms with Crippen LogP contribution in [0.25, 0.3) is 11.6 Å². The quantitative estimate of drug-likeness (QED) is 0.0976. The largest absolute Gasteiger partial charge is 0.486 e. The Bertz CT molecular complexity index is 969. The molecular formula is C30H44N4O3. The number of hydrogen-bond donors (Lipinski definition) is 2. The minimum absolute atomic E-state index is 0.103. The lowest BCUT2D eigenvalue weighted by Crippen LogP contribution is -2.12. The molecule has 1 aromatic heterocycles. The van der Waals surface area contributed by atoms with E-state index in [0.29, 0.717) is 41.2 Å². The van der Waals surface area contributed by atoms with E-state index in [1.807, 2.05) is 6.08 Å². The Morgan fingerprint density at radius 2 is 1.86 bits per heavy atom. The van der Waals surface area contributed by atoms with Gasteiger partial charge in [0.1, 0.15) is 5.82 Å². The number of carbonyl (C=O) groups excluding carboxylic acids is 1. The maximum absolute atomic E-state index is 11.4. The Morgan fingerprint density at radius 1 is 1.14 bits per heavy atom. The first-order valence-electron chi connectivity index (χ1n) is 12.5. The van der Waals surface area contributed by atoms with Gasteiger partial charge in [-0.15, -0.1) is 0 Å². The highest BCUT2D eigenvalue weighted by molar-refractivity contribution is 5.78. The molecule has 0 aromatic carbocycles. The summed E-state index contributed by atoms with van der Waals surface area (Å²) in [5.74, 6) is 1.89. The van der Waals surface area contributed by atoms with Gasteiger partial charge < -0.3 is 19.9 Å². The molecule has 0 saturated carbocycles. The average molecular weight is 509 g/mol. The summed E-state index contributed by atoms with van der Waals surface area (Å²) in [5, 5.41) is 6.89. The Balaban J connectivity index is 0.000000708. The van der Waals surface area contributed by atoms with E-state index in [0.717, 1.165) is 32.1 Å². The Labute approximate surface area is 223 Å². The molecule has 0 fully saturated rings. The van der Waals surface area contributed by atoms with Gasteiger partial charge in [0.05, 0.1) is 19.9 Å². The molecule has 0 amide bonds. The molecule has 1 aromatic rings. The third kappa shape index (κ3) is 13.8. The van der Waals surface area contributed by atoms with Gasteiger partial charge in [0.2, 0.25) is 0 Å². The Hall–Kier alpha value is -3.74. The molecule has 1 heterocycles. The molecule has 2 atom stereocenters. The molecule has 37 heavy (non-hydrogen) atoms. The number of rotatable bonds is 17. The standard InChI is InChI=1S/C18H30O2.C12H14N4O/c1-6-9-11-15(4)17(10-7-2)13-12-16(8-3)14-18(19)20-5;1-4-10-12(14-8-17-3)16-11(15-10)9(2)6-5-7-13/h6,9,11,16-17H,1,4,7-8,10,12-14H2,2-3,5H3;4-8,13H,1-2H2,3H3,(H,15,16)/b11-9-;6-5-,13-7?,14-8+. The number of H-pyrrole nitrogens is 1. The van der Waals surface area contributed by atoms with Crippen LogP contribution in [0.2, 0.25) is 0 Å². The second-order valence-electron chi connectivity index (χ2n) is 8.34. The number of carbonyl (C=O) groups is 1. The van der Waals surface area contributed by atoms with Gasteiger partial charge in [-0.1, -0.05) is 82.9 Å². The molecule has 7 nitrogen and oxygen atoms in total. The second kappa shape index (κ2) is 20.5. The van der Waals surface area contributed by atoms with Crippen LogP contribution in [0.3, 0.4) is 0 Å². The van der Waals surface area contributed by atoms with Crippen molar-refractivity contribution in [2.75, 3.05) is 14.2 Å². The average Bonchev–Trinajstić information content (AvgIpc) is 3.34. The van der Waals surface area contributed by atoms with Crippen molar-refractivity contribution in [2.24, 2.45) is 16.8 Å². The number of nitrogens with one attached hydrogen (secondary N) is 2. The molecular weight excluding hydrogens is 464 g/mol. The third-order valence-corrected chi connectivity index (χ3v) is 5.69. The van der Waals surface area contributed by atoms with Crippen LogP contribution in [0.5, 0.6) is 0 Å². The van der Waals surface area contributed by atoms with E-state index < -0.39 is 0 Å². The van der Waals surface area contributed by atoms with Gasteiger partial charge in [-0.2, -0.15) is 4.99 Å². The number of nitrogens with zero attached hydrogens (tertiary/aromatic N) is 2. The summed E-state index contributed by atoms with van der Waals surface area (Å²) in [4.78, 5) is 22.6. The summed E-state index contributed by atoms with van der Waals surface area (Å²) in [6.07, 6.45) is 19.1. The number of allylic oxidation sites excluding steroid dienone is 7. The SMILES string of the molecule is C=C/C=C\C(=C)C(CCC)CCC(CC)CC(=O)OC.C=Cc1[nH]c(C(=C)/C=C\C=N)nc1/N=C/OC. The van der Waals surface area contributed by atoms with Gasteiger partial charge in [-0.25, -0.2) is 4.98 Å². The third-order valence-electron chi connectivity index (χ3n) is 5.69. The van der Waals surface area contributed by atoms with Gasteiger partial charge in [0.25, 0.3) is 0 Å². The zero-order valence-corrected chi connectivity index (χ0v) is 23.0. The minimum Gasteiger partial charge on any atom is -0.486 e. The fraction of sp³-hybridized carbons (Fsp3) is 0.400. The minimum atomic E-state index is -0.103. The molecule has 0 aliphatic carbocycles. The number of aromatic nitrogens is 2. The van der Waals surface area contributed by atoms with Crippen molar-refractivity contribution >= 4 is 36.1 Å². The van der Waals surface area contributed by atoms with Crippen molar-refractivity contribution in [3.8, 4) is 0 Å². The van der Waals surface area contributed by atoms with Gasteiger partial charge in [0, 0.05) is 18.2 Å². The number of hydrogen-bond acceptors (Lipinski definition) is 6. The van der Waals surface area contributed by atoms with Crippen LogP contribution in [-0.2, 0) is 14.3 Å². The van der Waals surface area contributed by atoms with Crippen molar-refractivity contribution in [2.45, 2.75) is 52.4 Å². The highest BCUT2D eigenvalue weighted by Gasteiger charge is 2.16.